The van der Waals surface area contributed by atoms with Crippen LogP contribution in [0.1, 0.15) is 26.3 Å². The van der Waals surface area contributed by atoms with Gasteiger partial charge in [-0.25, -0.2) is 4.39 Å². The molecule has 0 aliphatic carbocycles. The number of alkyl halides is 3. The predicted molar refractivity (Wildman–Crippen MR) is 112 cm³/mol. The summed E-state index contributed by atoms with van der Waals surface area (Å²) in [6, 6.07) is 17.1. The summed E-state index contributed by atoms with van der Waals surface area (Å²) in [5, 5.41) is 6.57. The largest absolute Gasteiger partial charge is 0.418 e. The van der Waals surface area contributed by atoms with Gasteiger partial charge in [0.15, 0.2) is 6.17 Å². The molecule has 0 atom stereocenters. The molecule has 3 amide bonds. The molecule has 0 aromatic heterocycles. The highest BCUT2D eigenvalue weighted by atomic mass is 19.4. The average molecular weight is 459 g/mol. The Labute approximate surface area is 185 Å². The van der Waals surface area contributed by atoms with Crippen LogP contribution < -0.4 is 16.0 Å². The van der Waals surface area contributed by atoms with Crippen LogP contribution in [0.3, 0.4) is 0 Å². The molecule has 0 unspecified atom stereocenters. The molecule has 0 aliphatic heterocycles. The Kier molecular flexibility index (Phi) is 7.07. The van der Waals surface area contributed by atoms with Gasteiger partial charge in [-0.1, -0.05) is 36.4 Å². The van der Waals surface area contributed by atoms with Crippen molar-refractivity contribution in [2.75, 3.05) is 5.32 Å². The molecule has 0 spiro atoms. The molecule has 6 nitrogen and oxygen atoms in total. The molecule has 3 aromatic rings. The van der Waals surface area contributed by atoms with E-state index in [1.165, 1.54) is 24.3 Å². The van der Waals surface area contributed by atoms with Gasteiger partial charge in [0, 0.05) is 11.1 Å². The fourth-order valence-electron chi connectivity index (χ4n) is 2.84. The molecule has 33 heavy (non-hydrogen) atoms. The fourth-order valence-corrected chi connectivity index (χ4v) is 2.84. The number of anilines is 1. The van der Waals surface area contributed by atoms with Gasteiger partial charge in [0.25, 0.3) is 17.7 Å². The van der Waals surface area contributed by atoms with Crippen molar-refractivity contribution in [3.63, 3.8) is 0 Å². The van der Waals surface area contributed by atoms with Gasteiger partial charge in [-0.05, 0) is 42.5 Å². The van der Waals surface area contributed by atoms with Crippen LogP contribution in [-0.2, 0) is 11.0 Å². The molecule has 170 valence electrons. The van der Waals surface area contributed by atoms with Gasteiger partial charge in [-0.3, -0.25) is 14.4 Å². The van der Waals surface area contributed by atoms with Crippen molar-refractivity contribution < 1.29 is 31.9 Å². The Hall–Kier alpha value is -4.21. The Morgan fingerprint density at radius 1 is 0.727 bits per heavy atom. The lowest BCUT2D eigenvalue weighted by atomic mass is 10.1. The van der Waals surface area contributed by atoms with E-state index in [0.717, 1.165) is 12.1 Å². The Balaban J connectivity index is 1.87. The van der Waals surface area contributed by atoms with Gasteiger partial charge in [0.05, 0.1) is 11.3 Å². The Bertz CT molecular complexity index is 1100. The highest BCUT2D eigenvalue weighted by molar-refractivity contribution is 6.04. The van der Waals surface area contributed by atoms with Gasteiger partial charge < -0.3 is 16.0 Å². The third-order valence-electron chi connectivity index (χ3n) is 4.43. The first-order valence-corrected chi connectivity index (χ1v) is 9.54. The molecule has 0 bridgehead atoms. The quantitative estimate of drug-likeness (QED) is 0.385. The maximum Gasteiger partial charge on any atom is 0.418 e. The molecule has 0 radical (unpaired) electrons. The van der Waals surface area contributed by atoms with Crippen LogP contribution in [0.4, 0.5) is 23.2 Å². The van der Waals surface area contributed by atoms with Gasteiger partial charge in [0.1, 0.15) is 5.82 Å². The zero-order valence-corrected chi connectivity index (χ0v) is 16.8. The lowest BCUT2D eigenvalue weighted by molar-refractivity contribution is -0.137. The SMILES string of the molecule is O=C(NC(NC(=O)c1ccccc1)C(=O)Nc1ccc(F)cc1C(F)(F)F)c1ccccc1. The van der Waals surface area contributed by atoms with E-state index in [1.807, 2.05) is 5.32 Å². The van der Waals surface area contributed by atoms with E-state index < -0.39 is 47.1 Å². The van der Waals surface area contributed by atoms with Crippen molar-refractivity contribution in [1.29, 1.82) is 0 Å². The van der Waals surface area contributed by atoms with Crippen molar-refractivity contribution >= 4 is 23.4 Å². The molecule has 10 heteroatoms. The maximum atomic E-state index is 13.4. The third kappa shape index (κ3) is 6.16. The van der Waals surface area contributed by atoms with Crippen LogP contribution in [0.2, 0.25) is 0 Å². The highest BCUT2D eigenvalue weighted by Gasteiger charge is 2.35. The van der Waals surface area contributed by atoms with Crippen LogP contribution in [0.25, 0.3) is 0 Å². The van der Waals surface area contributed by atoms with Crippen molar-refractivity contribution in [3.05, 3.63) is 101 Å². The zero-order valence-electron chi connectivity index (χ0n) is 16.8. The molecule has 3 N–H and O–H groups in total. The maximum absolute atomic E-state index is 13.4. The minimum absolute atomic E-state index is 0.155. The van der Waals surface area contributed by atoms with E-state index in [9.17, 15) is 31.9 Å². The number of benzene rings is 3. The van der Waals surface area contributed by atoms with E-state index in [0.29, 0.717) is 0 Å². The topological polar surface area (TPSA) is 87.3 Å². The van der Waals surface area contributed by atoms with Crippen LogP contribution in [-0.4, -0.2) is 23.9 Å². The summed E-state index contributed by atoms with van der Waals surface area (Å²) in [6.45, 7) is 0. The number of halogens is 4. The molecule has 0 saturated heterocycles. The second kappa shape index (κ2) is 9.94. The van der Waals surface area contributed by atoms with Gasteiger partial charge in [-0.2, -0.15) is 13.2 Å². The summed E-state index contributed by atoms with van der Waals surface area (Å²) < 4.78 is 53.2. The van der Waals surface area contributed by atoms with Crippen molar-refractivity contribution in [2.24, 2.45) is 0 Å². The number of carbonyl (C=O) groups is 3. The molecular formula is C23H17F4N3O3. The summed E-state index contributed by atoms with van der Waals surface area (Å²) in [5.74, 6) is -3.81. The van der Waals surface area contributed by atoms with Crippen LogP contribution >= 0.6 is 0 Å². The monoisotopic (exact) mass is 459 g/mol. The predicted octanol–water partition coefficient (Wildman–Crippen LogP) is 3.97. The Morgan fingerprint density at radius 2 is 1.21 bits per heavy atom. The van der Waals surface area contributed by atoms with E-state index in [-0.39, 0.29) is 17.2 Å². The minimum atomic E-state index is -4.96. The number of rotatable bonds is 6. The summed E-state index contributed by atoms with van der Waals surface area (Å²) >= 11 is 0. The summed E-state index contributed by atoms with van der Waals surface area (Å²) in [6.07, 6.45) is -6.70. The van der Waals surface area contributed by atoms with Crippen LogP contribution in [0.5, 0.6) is 0 Å². The molecule has 0 aliphatic rings. The van der Waals surface area contributed by atoms with Gasteiger partial charge >= 0.3 is 6.18 Å². The molecular weight excluding hydrogens is 442 g/mol. The molecule has 3 rings (SSSR count). The molecule has 0 saturated carbocycles. The van der Waals surface area contributed by atoms with Gasteiger partial charge in [0.2, 0.25) is 0 Å². The summed E-state index contributed by atoms with van der Waals surface area (Å²) in [7, 11) is 0. The average Bonchev–Trinajstić information content (AvgIpc) is 2.80. The number of carbonyl (C=O) groups excluding carboxylic acids is 3. The van der Waals surface area contributed by atoms with E-state index >= 15 is 0 Å². The summed E-state index contributed by atoms with van der Waals surface area (Å²) in [4.78, 5) is 37.9. The first kappa shape index (κ1) is 23.5. The lowest BCUT2D eigenvalue weighted by Gasteiger charge is -2.21. The fraction of sp³-hybridized carbons (Fsp3) is 0.0870. The molecule has 0 heterocycles. The number of nitrogens with one attached hydrogen (secondary N) is 3. The normalized spacial score (nSPS) is 11.1. The van der Waals surface area contributed by atoms with E-state index in [1.54, 1.807) is 36.4 Å². The third-order valence-corrected chi connectivity index (χ3v) is 4.43. The number of hydrogen-bond acceptors (Lipinski definition) is 3. The number of amides is 3. The standard InChI is InChI=1S/C23H17F4N3O3/c24-16-11-12-18(17(13-16)23(25,26)27)28-22(33)19(29-20(31)14-7-3-1-4-8-14)30-21(32)15-9-5-2-6-10-15/h1-13,19H,(H,28,33)(H,29,31)(H,30,32). The van der Waals surface area contributed by atoms with Crippen LogP contribution in [0, 0.1) is 5.82 Å². The van der Waals surface area contributed by atoms with E-state index in [4.69, 9.17) is 0 Å². The van der Waals surface area contributed by atoms with Crippen LogP contribution in [0.15, 0.2) is 78.9 Å². The van der Waals surface area contributed by atoms with Crippen molar-refractivity contribution in [1.82, 2.24) is 10.6 Å². The second-order valence-electron chi connectivity index (χ2n) is 6.79. The van der Waals surface area contributed by atoms with E-state index in [2.05, 4.69) is 10.6 Å². The minimum Gasteiger partial charge on any atom is -0.324 e. The van der Waals surface area contributed by atoms with Crippen molar-refractivity contribution in [2.45, 2.75) is 12.3 Å². The molecule has 0 fully saturated rings. The first-order chi connectivity index (χ1) is 15.6. The second-order valence-corrected chi connectivity index (χ2v) is 6.79. The summed E-state index contributed by atoms with van der Waals surface area (Å²) in [5.41, 5.74) is -1.84. The Morgan fingerprint density at radius 3 is 1.67 bits per heavy atom. The first-order valence-electron chi connectivity index (χ1n) is 9.54. The highest BCUT2D eigenvalue weighted by Crippen LogP contribution is 2.35. The molecule has 3 aromatic carbocycles. The number of hydrogen-bond donors (Lipinski definition) is 3. The lowest BCUT2D eigenvalue weighted by Crippen LogP contribution is -2.55. The van der Waals surface area contributed by atoms with Gasteiger partial charge in [-0.15, -0.1) is 0 Å². The van der Waals surface area contributed by atoms with Crippen molar-refractivity contribution in [3.8, 4) is 0 Å². The zero-order chi connectivity index (χ0) is 24.0. The smallest absolute Gasteiger partial charge is 0.324 e.